The molecule has 4 saturated heterocycles. The number of carbonyl (C=O) groups is 1. The number of nitrogens with zero attached hydrogens (tertiary/aromatic N) is 4. The number of fused-ring (bicyclic) bond motifs is 2. The first-order chi connectivity index (χ1) is 27.2. The molecule has 8 heteroatoms. The number of anilines is 1. The first-order valence-corrected chi connectivity index (χ1v) is 20.8. The van der Waals surface area contributed by atoms with Crippen molar-refractivity contribution >= 4 is 23.5 Å². The Hall–Kier alpha value is -4.59. The molecular formula is C48H58N6O2. The number of isocyanates is 1. The number of nitrogens with one attached hydrogen (secondary N) is 2. The van der Waals surface area contributed by atoms with E-state index in [2.05, 4.69) is 89.8 Å². The van der Waals surface area contributed by atoms with Crippen LogP contribution in [-0.2, 0) is 28.5 Å². The molecule has 8 nitrogen and oxygen atoms in total. The highest BCUT2D eigenvalue weighted by Crippen LogP contribution is 2.54. The third kappa shape index (κ3) is 7.25. The van der Waals surface area contributed by atoms with Gasteiger partial charge in [-0.15, -0.1) is 0 Å². The van der Waals surface area contributed by atoms with Crippen molar-refractivity contribution < 1.29 is 9.59 Å². The molecule has 4 aromatic carbocycles. The van der Waals surface area contributed by atoms with Gasteiger partial charge < -0.3 is 25.3 Å². The Bertz CT molecular complexity index is 2070. The molecule has 4 fully saturated rings. The van der Waals surface area contributed by atoms with Crippen molar-refractivity contribution in [2.75, 3.05) is 58.7 Å². The van der Waals surface area contributed by atoms with Crippen molar-refractivity contribution in [2.45, 2.75) is 75.3 Å². The highest BCUT2D eigenvalue weighted by atomic mass is 16.2. The molecule has 4 bridgehead atoms. The summed E-state index contributed by atoms with van der Waals surface area (Å²) in [5, 5.41) is 6.73. The summed E-state index contributed by atoms with van der Waals surface area (Å²) in [7, 11) is 4.58. The summed E-state index contributed by atoms with van der Waals surface area (Å²) in [6.45, 7) is 11.0. The lowest BCUT2D eigenvalue weighted by molar-refractivity contribution is -0.0153. The molecule has 2 aliphatic carbocycles. The fraction of sp³-hybridized carbons (Fsp3) is 0.458. The lowest BCUT2D eigenvalue weighted by Crippen LogP contribution is -2.65. The summed E-state index contributed by atoms with van der Waals surface area (Å²) in [6, 6.07) is 34.3. The molecule has 4 aliphatic heterocycles. The summed E-state index contributed by atoms with van der Waals surface area (Å²) < 4.78 is 0. The van der Waals surface area contributed by atoms with Gasteiger partial charge in [0.25, 0.3) is 0 Å². The number of likely N-dealkylation sites (N-methyl/N-ethyl adjacent to an activating group) is 2. The van der Waals surface area contributed by atoms with Gasteiger partial charge in [0, 0.05) is 54.2 Å². The Morgan fingerprint density at radius 3 is 1.89 bits per heavy atom. The van der Waals surface area contributed by atoms with E-state index in [0.717, 1.165) is 50.1 Å². The molecule has 4 aromatic rings. The minimum Gasteiger partial charge on any atom is -0.324 e. The van der Waals surface area contributed by atoms with Crippen LogP contribution in [0.25, 0.3) is 0 Å². The standard InChI is InChI=1S/C24H29N3O.C17H24N2.C7H5NO/c1-17-8-9-18-15-22-21-16-27(23(28)25-19-6-4-3-5-7-19)13-11-24(21,20(18)14-17)10-12-26(22)2;1-12-3-4-13-10-16-15-11-18-7-5-17(15,14(13)9-12)6-8-19(16)2;9-6-8-7-4-2-1-3-5-7/h3-9,14,21-22H,10-13,15-16H2,1-2H3,(H,25,28);3-4,9,15-16,18H,5-8,10-11H2,1-2H3;1-5H/t21-,22+,24+;15-,16+,17-;/m00./s1. The number of urea groups is 1. The maximum absolute atomic E-state index is 12.9. The molecule has 6 atom stereocenters. The van der Waals surface area contributed by atoms with Gasteiger partial charge in [-0.05, 0) is 139 Å². The van der Waals surface area contributed by atoms with Crippen molar-refractivity contribution in [1.82, 2.24) is 20.0 Å². The lowest BCUT2D eigenvalue weighted by Gasteiger charge is -2.60. The zero-order valence-corrected chi connectivity index (χ0v) is 33.6. The van der Waals surface area contributed by atoms with Crippen LogP contribution >= 0.6 is 0 Å². The van der Waals surface area contributed by atoms with E-state index in [1.807, 2.05) is 53.4 Å². The van der Waals surface area contributed by atoms with Gasteiger partial charge >= 0.3 is 6.03 Å². The first kappa shape index (κ1) is 38.3. The molecule has 0 aromatic heterocycles. The number of benzene rings is 4. The Labute approximate surface area is 333 Å². The molecule has 0 saturated carbocycles. The maximum atomic E-state index is 12.9. The normalized spacial score (nSPS) is 28.5. The number of carbonyl (C=O) groups excluding carboxylic acids is 2. The Morgan fingerprint density at radius 2 is 1.29 bits per heavy atom. The number of likely N-dealkylation sites (tertiary alicyclic amines) is 3. The summed E-state index contributed by atoms with van der Waals surface area (Å²) >= 11 is 0. The van der Waals surface area contributed by atoms with E-state index >= 15 is 0 Å². The first-order valence-electron chi connectivity index (χ1n) is 20.8. The van der Waals surface area contributed by atoms with Crippen molar-refractivity contribution in [3.8, 4) is 0 Å². The van der Waals surface area contributed by atoms with Gasteiger partial charge in [0.2, 0.25) is 6.08 Å². The Morgan fingerprint density at radius 1 is 0.732 bits per heavy atom. The van der Waals surface area contributed by atoms with Crippen LogP contribution in [0.2, 0.25) is 0 Å². The van der Waals surface area contributed by atoms with E-state index in [0.29, 0.717) is 23.1 Å². The zero-order chi connectivity index (χ0) is 38.9. The van der Waals surface area contributed by atoms with Crippen molar-refractivity contribution in [3.05, 3.63) is 130 Å². The van der Waals surface area contributed by atoms with Gasteiger partial charge in [-0.1, -0.05) is 83.9 Å². The van der Waals surface area contributed by atoms with Crippen LogP contribution < -0.4 is 10.6 Å². The van der Waals surface area contributed by atoms with E-state index in [9.17, 15) is 9.59 Å². The third-order valence-corrected chi connectivity index (χ3v) is 14.4. The van der Waals surface area contributed by atoms with E-state index in [4.69, 9.17) is 0 Å². The van der Waals surface area contributed by atoms with E-state index in [1.165, 1.54) is 68.1 Å². The van der Waals surface area contributed by atoms with Crippen LogP contribution in [0.1, 0.15) is 59.1 Å². The molecule has 56 heavy (non-hydrogen) atoms. The smallest absolute Gasteiger partial charge is 0.321 e. The largest absolute Gasteiger partial charge is 0.324 e. The Kier molecular flexibility index (Phi) is 11.0. The molecule has 292 valence electrons. The van der Waals surface area contributed by atoms with Gasteiger partial charge in [0.05, 0.1) is 5.69 Å². The number of hydrogen-bond acceptors (Lipinski definition) is 6. The minimum absolute atomic E-state index is 0.0387. The topological polar surface area (TPSA) is 80.3 Å². The second-order valence-corrected chi connectivity index (χ2v) is 17.3. The summed E-state index contributed by atoms with van der Waals surface area (Å²) in [5.41, 5.74) is 11.4. The summed E-state index contributed by atoms with van der Waals surface area (Å²) in [4.78, 5) is 33.2. The van der Waals surface area contributed by atoms with E-state index in [1.54, 1.807) is 28.8 Å². The molecular weight excluding hydrogens is 693 g/mol. The third-order valence-electron chi connectivity index (χ3n) is 14.4. The predicted octanol–water partition coefficient (Wildman–Crippen LogP) is 7.80. The van der Waals surface area contributed by atoms with Crippen LogP contribution in [0, 0.1) is 25.7 Å². The molecule has 0 radical (unpaired) electrons. The van der Waals surface area contributed by atoms with Crippen molar-refractivity contribution in [1.29, 1.82) is 0 Å². The predicted molar refractivity (Wildman–Crippen MR) is 226 cm³/mol. The zero-order valence-electron chi connectivity index (χ0n) is 33.6. The van der Waals surface area contributed by atoms with Gasteiger partial charge in [-0.3, -0.25) is 0 Å². The van der Waals surface area contributed by atoms with E-state index in [-0.39, 0.29) is 11.4 Å². The molecule has 4 heterocycles. The van der Waals surface area contributed by atoms with Crippen LogP contribution in [0.3, 0.4) is 0 Å². The Balaban J connectivity index is 0.000000135. The quantitative estimate of drug-likeness (QED) is 0.162. The van der Waals surface area contributed by atoms with Gasteiger partial charge in [0.1, 0.15) is 0 Å². The highest BCUT2D eigenvalue weighted by molar-refractivity contribution is 5.89. The average molecular weight is 751 g/mol. The maximum Gasteiger partial charge on any atom is 0.321 e. The SMILES string of the molecule is Cc1ccc2c(c1)[C@@]13CCN(C(=O)Nc4ccccc4)C[C@H]1[C@@H](C2)N(C)CC3.Cc1ccc2c(c1)[C@@]13CCNC[C@H]1[C@@H](C2)N(C)CC3.O=C=Nc1ccccc1. The number of para-hydroxylation sites is 2. The molecule has 10 rings (SSSR count). The van der Waals surface area contributed by atoms with Crippen molar-refractivity contribution in [2.24, 2.45) is 16.8 Å². The number of aliphatic imine (C=N–C) groups is 1. The number of rotatable bonds is 2. The van der Waals surface area contributed by atoms with Crippen LogP contribution in [0.5, 0.6) is 0 Å². The second-order valence-electron chi connectivity index (χ2n) is 17.3. The molecule has 2 amide bonds. The second kappa shape index (κ2) is 16.1. The monoisotopic (exact) mass is 750 g/mol. The molecule has 2 N–H and O–H groups in total. The highest BCUT2D eigenvalue weighted by Gasteiger charge is 2.55. The van der Waals surface area contributed by atoms with Crippen LogP contribution in [0.4, 0.5) is 16.2 Å². The van der Waals surface area contributed by atoms with Crippen LogP contribution in [0.15, 0.2) is 102 Å². The van der Waals surface area contributed by atoms with Crippen molar-refractivity contribution in [3.63, 3.8) is 0 Å². The number of hydrogen-bond donors (Lipinski definition) is 2. The van der Waals surface area contributed by atoms with Crippen LogP contribution in [-0.4, -0.2) is 92.3 Å². The molecule has 0 spiro atoms. The molecule has 6 aliphatic rings. The van der Waals surface area contributed by atoms with E-state index < -0.39 is 0 Å². The summed E-state index contributed by atoms with van der Waals surface area (Å²) in [5.74, 6) is 1.32. The fourth-order valence-corrected chi connectivity index (χ4v) is 11.4. The minimum atomic E-state index is 0.0387. The van der Waals surface area contributed by atoms with Gasteiger partial charge in [-0.2, -0.15) is 4.99 Å². The number of aryl methyl sites for hydroxylation is 2. The van der Waals surface area contributed by atoms with Gasteiger partial charge in [-0.25, -0.2) is 9.59 Å². The summed E-state index contributed by atoms with van der Waals surface area (Å²) in [6.07, 6.45) is 8.77. The number of piperidine rings is 4. The van der Waals surface area contributed by atoms with Gasteiger partial charge in [0.15, 0.2) is 0 Å². The number of amides is 2. The lowest BCUT2D eigenvalue weighted by atomic mass is 9.54. The fourth-order valence-electron chi connectivity index (χ4n) is 11.4. The molecule has 0 unspecified atom stereocenters. The average Bonchev–Trinajstić information content (AvgIpc) is 3.22.